The highest BCUT2D eigenvalue weighted by Gasteiger charge is 2.20. The van der Waals surface area contributed by atoms with Crippen molar-refractivity contribution in [2.45, 2.75) is 18.9 Å². The van der Waals surface area contributed by atoms with Crippen LogP contribution in [0.15, 0.2) is 60.8 Å². The number of anilines is 2. The number of benzene rings is 2. The van der Waals surface area contributed by atoms with E-state index in [1.54, 1.807) is 6.20 Å². The average molecular weight is 347 g/mol. The van der Waals surface area contributed by atoms with E-state index in [-0.39, 0.29) is 12.0 Å². The van der Waals surface area contributed by atoms with Crippen molar-refractivity contribution in [2.75, 3.05) is 23.3 Å². The Hall–Kier alpha value is -2.92. The summed E-state index contributed by atoms with van der Waals surface area (Å²) in [6, 6.07) is 17.4. The van der Waals surface area contributed by atoms with Crippen LogP contribution in [0, 0.1) is 0 Å². The summed E-state index contributed by atoms with van der Waals surface area (Å²) in [7, 11) is 0. The Morgan fingerprint density at radius 3 is 2.62 bits per heavy atom. The molecule has 3 aromatic rings. The molecule has 0 atom stereocenters. The number of nitrogens with one attached hydrogen (secondary N) is 1. The fraction of sp³-hybridized carbons (Fsp3) is 0.238. The lowest BCUT2D eigenvalue weighted by atomic mass is 10.1. The van der Waals surface area contributed by atoms with Crippen LogP contribution in [-0.2, 0) is 0 Å². The van der Waals surface area contributed by atoms with Crippen molar-refractivity contribution in [1.82, 2.24) is 4.98 Å². The molecule has 1 aromatic heterocycles. The number of piperidine rings is 1. The van der Waals surface area contributed by atoms with Crippen molar-refractivity contribution in [3.8, 4) is 0 Å². The highest BCUT2D eigenvalue weighted by Crippen LogP contribution is 2.29. The first kappa shape index (κ1) is 16.5. The van der Waals surface area contributed by atoms with Gasteiger partial charge in [0.1, 0.15) is 5.69 Å². The van der Waals surface area contributed by atoms with Gasteiger partial charge < -0.3 is 15.3 Å². The van der Waals surface area contributed by atoms with Gasteiger partial charge in [0.25, 0.3) is 5.91 Å². The van der Waals surface area contributed by atoms with E-state index in [9.17, 15) is 9.90 Å². The molecule has 5 heteroatoms. The van der Waals surface area contributed by atoms with E-state index >= 15 is 0 Å². The molecule has 5 nitrogen and oxygen atoms in total. The van der Waals surface area contributed by atoms with E-state index in [1.807, 2.05) is 54.6 Å². The van der Waals surface area contributed by atoms with Crippen molar-refractivity contribution in [2.24, 2.45) is 0 Å². The number of hydrogen-bond acceptors (Lipinski definition) is 4. The zero-order valence-corrected chi connectivity index (χ0v) is 14.4. The maximum absolute atomic E-state index is 12.9. The summed E-state index contributed by atoms with van der Waals surface area (Å²) in [4.78, 5) is 19.4. The highest BCUT2D eigenvalue weighted by molar-refractivity contribution is 6.12. The average Bonchev–Trinajstić information content (AvgIpc) is 2.68. The van der Waals surface area contributed by atoms with E-state index in [2.05, 4.69) is 15.2 Å². The summed E-state index contributed by atoms with van der Waals surface area (Å²) in [6.07, 6.45) is 2.92. The second kappa shape index (κ2) is 7.14. The highest BCUT2D eigenvalue weighted by atomic mass is 16.3. The summed E-state index contributed by atoms with van der Waals surface area (Å²) < 4.78 is 0. The van der Waals surface area contributed by atoms with E-state index in [4.69, 9.17) is 0 Å². The number of hydrogen-bond donors (Lipinski definition) is 2. The van der Waals surface area contributed by atoms with Gasteiger partial charge in [-0.2, -0.15) is 0 Å². The van der Waals surface area contributed by atoms with E-state index in [0.717, 1.165) is 48.1 Å². The Morgan fingerprint density at radius 1 is 1.04 bits per heavy atom. The molecule has 1 saturated heterocycles. The van der Waals surface area contributed by atoms with Crippen LogP contribution in [0.3, 0.4) is 0 Å². The van der Waals surface area contributed by atoms with Gasteiger partial charge in [0, 0.05) is 24.7 Å². The van der Waals surface area contributed by atoms with E-state index < -0.39 is 0 Å². The largest absolute Gasteiger partial charge is 0.393 e. The second-order valence-electron chi connectivity index (χ2n) is 6.57. The topological polar surface area (TPSA) is 65.5 Å². The monoisotopic (exact) mass is 347 g/mol. The van der Waals surface area contributed by atoms with Gasteiger partial charge in [-0.05, 0) is 36.4 Å². The maximum atomic E-state index is 12.9. The van der Waals surface area contributed by atoms with Gasteiger partial charge >= 0.3 is 0 Å². The third-order valence-electron chi connectivity index (χ3n) is 4.85. The molecule has 26 heavy (non-hydrogen) atoms. The Balaban J connectivity index is 1.62. The normalized spacial score (nSPS) is 15.2. The summed E-state index contributed by atoms with van der Waals surface area (Å²) in [5.74, 6) is -0.216. The first-order valence-corrected chi connectivity index (χ1v) is 8.89. The number of carbonyl (C=O) groups is 1. The van der Waals surface area contributed by atoms with Crippen LogP contribution < -0.4 is 10.2 Å². The van der Waals surface area contributed by atoms with Crippen LogP contribution >= 0.6 is 0 Å². The molecular formula is C21H21N3O2. The minimum atomic E-state index is -0.229. The Kier molecular flexibility index (Phi) is 4.54. The number of aliphatic hydroxyl groups is 1. The molecule has 1 amide bonds. The molecule has 0 unspecified atom stereocenters. The van der Waals surface area contributed by atoms with Crippen LogP contribution in [0.1, 0.15) is 23.3 Å². The molecule has 0 aliphatic carbocycles. The fourth-order valence-electron chi connectivity index (χ4n) is 3.44. The molecule has 0 saturated carbocycles. The molecule has 2 heterocycles. The number of nitrogens with zero attached hydrogens (tertiary/aromatic N) is 2. The Labute approximate surface area is 152 Å². The first-order valence-electron chi connectivity index (χ1n) is 8.89. The van der Waals surface area contributed by atoms with Crippen molar-refractivity contribution >= 4 is 28.1 Å². The van der Waals surface area contributed by atoms with Crippen molar-refractivity contribution in [3.63, 3.8) is 0 Å². The zero-order valence-electron chi connectivity index (χ0n) is 14.4. The lowest BCUT2D eigenvalue weighted by Crippen LogP contribution is -2.36. The fourth-order valence-corrected chi connectivity index (χ4v) is 3.44. The summed E-state index contributed by atoms with van der Waals surface area (Å²) in [5, 5.41) is 14.6. The predicted molar refractivity (Wildman–Crippen MR) is 104 cm³/mol. The maximum Gasteiger partial charge on any atom is 0.274 e. The zero-order chi connectivity index (χ0) is 17.9. The summed E-state index contributed by atoms with van der Waals surface area (Å²) in [5.41, 5.74) is 2.17. The van der Waals surface area contributed by atoms with Crippen LogP contribution in [-0.4, -0.2) is 35.2 Å². The molecule has 0 spiro atoms. The molecule has 1 aliphatic rings. The molecule has 2 aromatic carbocycles. The predicted octanol–water partition coefficient (Wildman–Crippen LogP) is 3.45. The second-order valence-corrected chi connectivity index (χ2v) is 6.57. The van der Waals surface area contributed by atoms with Crippen molar-refractivity contribution in [3.05, 3.63) is 66.5 Å². The van der Waals surface area contributed by atoms with Crippen LogP contribution in [0.2, 0.25) is 0 Å². The van der Waals surface area contributed by atoms with Crippen molar-refractivity contribution < 1.29 is 9.90 Å². The SMILES string of the molecule is O=C(Nc1ccccc1N1CCC(O)CC1)c1nccc2ccccc12. The van der Waals surface area contributed by atoms with Gasteiger partial charge in [0.15, 0.2) is 0 Å². The van der Waals surface area contributed by atoms with Crippen LogP contribution in [0.25, 0.3) is 10.8 Å². The van der Waals surface area contributed by atoms with Crippen LogP contribution in [0.4, 0.5) is 11.4 Å². The first-order chi connectivity index (χ1) is 12.7. The number of pyridine rings is 1. The van der Waals surface area contributed by atoms with E-state index in [0.29, 0.717) is 5.69 Å². The number of fused-ring (bicyclic) bond motifs is 1. The van der Waals surface area contributed by atoms with Gasteiger partial charge in [-0.1, -0.05) is 36.4 Å². The number of amides is 1. The molecule has 132 valence electrons. The molecule has 0 radical (unpaired) electrons. The molecular weight excluding hydrogens is 326 g/mol. The number of aliphatic hydroxyl groups excluding tert-OH is 1. The van der Waals surface area contributed by atoms with Gasteiger partial charge in [-0.15, -0.1) is 0 Å². The lowest BCUT2D eigenvalue weighted by molar-refractivity contribution is 0.102. The van der Waals surface area contributed by atoms with Gasteiger partial charge in [-0.3, -0.25) is 9.78 Å². The van der Waals surface area contributed by atoms with Gasteiger partial charge in [0.2, 0.25) is 0 Å². The van der Waals surface area contributed by atoms with E-state index in [1.165, 1.54) is 0 Å². The molecule has 2 N–H and O–H groups in total. The summed E-state index contributed by atoms with van der Waals surface area (Å²) in [6.45, 7) is 1.56. The summed E-state index contributed by atoms with van der Waals surface area (Å²) >= 11 is 0. The van der Waals surface area contributed by atoms with Crippen LogP contribution in [0.5, 0.6) is 0 Å². The molecule has 0 bridgehead atoms. The van der Waals surface area contributed by atoms with Crippen molar-refractivity contribution in [1.29, 1.82) is 0 Å². The number of rotatable bonds is 3. The number of carbonyl (C=O) groups excluding carboxylic acids is 1. The minimum absolute atomic E-state index is 0.216. The minimum Gasteiger partial charge on any atom is -0.393 e. The third-order valence-corrected chi connectivity index (χ3v) is 4.85. The molecule has 1 aliphatic heterocycles. The van der Waals surface area contributed by atoms with Gasteiger partial charge in [0.05, 0.1) is 17.5 Å². The molecule has 1 fully saturated rings. The Bertz CT molecular complexity index is 928. The standard InChI is InChI=1S/C21H21N3O2/c25-16-10-13-24(14-11-16)19-8-4-3-7-18(19)23-21(26)20-17-6-2-1-5-15(17)9-12-22-20/h1-9,12,16,25H,10-11,13-14H2,(H,23,26). The quantitative estimate of drug-likeness (QED) is 0.762. The van der Waals surface area contributed by atoms with Gasteiger partial charge in [-0.25, -0.2) is 0 Å². The number of para-hydroxylation sites is 2. The number of aromatic nitrogens is 1. The third kappa shape index (κ3) is 3.26. The smallest absolute Gasteiger partial charge is 0.274 e. The lowest BCUT2D eigenvalue weighted by Gasteiger charge is -2.32. The Morgan fingerprint density at radius 2 is 1.77 bits per heavy atom. The molecule has 4 rings (SSSR count).